The van der Waals surface area contributed by atoms with Crippen LogP contribution in [0.25, 0.3) is 4.96 Å². The zero-order valence-electron chi connectivity index (χ0n) is 8.17. The quantitative estimate of drug-likeness (QED) is 0.810. The Kier molecular flexibility index (Phi) is 2.45. The fraction of sp³-hybridized carbons (Fsp3) is 0.333. The van der Waals surface area contributed by atoms with Crippen LogP contribution in [0.15, 0.2) is 11.6 Å². The molecule has 0 radical (unpaired) electrons. The van der Waals surface area contributed by atoms with Crippen molar-refractivity contribution in [2.45, 2.75) is 12.8 Å². The smallest absolute Gasteiger partial charge is 0.313 e. The number of imidazole rings is 1. The standard InChI is InChI=1S/C9H11N3O2S/c1-5-4-15-9-11-3-7(12(5)9)6(2-10)8(13)14/h3-4,6H,2,10H2,1H3,(H,13,14). The number of hydrogen-bond donors (Lipinski definition) is 2. The minimum Gasteiger partial charge on any atom is -0.481 e. The Balaban J connectivity index is 2.59. The van der Waals surface area contributed by atoms with Crippen molar-refractivity contribution in [3.63, 3.8) is 0 Å². The molecule has 2 rings (SSSR count). The Morgan fingerprint density at radius 1 is 1.80 bits per heavy atom. The molecular formula is C9H11N3O2S. The van der Waals surface area contributed by atoms with Crippen LogP contribution in [0.1, 0.15) is 17.3 Å². The van der Waals surface area contributed by atoms with Crippen molar-refractivity contribution >= 4 is 22.3 Å². The van der Waals surface area contributed by atoms with Gasteiger partial charge in [-0.2, -0.15) is 0 Å². The van der Waals surface area contributed by atoms with Gasteiger partial charge in [0.25, 0.3) is 0 Å². The van der Waals surface area contributed by atoms with E-state index in [0.717, 1.165) is 10.7 Å². The Labute approximate surface area is 90.2 Å². The molecule has 80 valence electrons. The number of aliphatic carboxylic acids is 1. The summed E-state index contributed by atoms with van der Waals surface area (Å²) in [6, 6.07) is 0. The monoisotopic (exact) mass is 225 g/mol. The number of thiazole rings is 1. The Hall–Kier alpha value is -1.40. The summed E-state index contributed by atoms with van der Waals surface area (Å²) in [4.78, 5) is 15.9. The van der Waals surface area contributed by atoms with Gasteiger partial charge in [0.2, 0.25) is 0 Å². The number of rotatable bonds is 3. The van der Waals surface area contributed by atoms with Crippen LogP contribution in [-0.2, 0) is 4.79 Å². The molecule has 0 spiro atoms. The molecule has 0 saturated carbocycles. The highest BCUT2D eigenvalue weighted by atomic mass is 32.1. The topological polar surface area (TPSA) is 80.6 Å². The molecule has 3 N–H and O–H groups in total. The molecule has 0 amide bonds. The molecule has 0 aliphatic heterocycles. The third kappa shape index (κ3) is 1.51. The average Bonchev–Trinajstić information content (AvgIpc) is 2.72. The van der Waals surface area contributed by atoms with E-state index in [-0.39, 0.29) is 6.54 Å². The highest BCUT2D eigenvalue weighted by Gasteiger charge is 2.22. The molecule has 0 aromatic carbocycles. The van der Waals surface area contributed by atoms with Gasteiger partial charge in [-0.05, 0) is 6.92 Å². The molecule has 0 fully saturated rings. The first-order valence-electron chi connectivity index (χ1n) is 4.49. The van der Waals surface area contributed by atoms with Crippen molar-refractivity contribution in [3.05, 3.63) is 23.0 Å². The van der Waals surface area contributed by atoms with Gasteiger partial charge >= 0.3 is 5.97 Å². The minimum atomic E-state index is -0.912. The number of nitrogens with zero attached hydrogens (tertiary/aromatic N) is 2. The Morgan fingerprint density at radius 3 is 3.13 bits per heavy atom. The van der Waals surface area contributed by atoms with Gasteiger partial charge in [0.1, 0.15) is 5.92 Å². The van der Waals surface area contributed by atoms with E-state index in [1.807, 2.05) is 16.7 Å². The number of aromatic nitrogens is 2. The predicted molar refractivity (Wildman–Crippen MR) is 57.2 cm³/mol. The van der Waals surface area contributed by atoms with E-state index in [1.165, 1.54) is 11.3 Å². The number of hydrogen-bond acceptors (Lipinski definition) is 4. The first-order valence-corrected chi connectivity index (χ1v) is 5.37. The molecule has 6 heteroatoms. The maximum absolute atomic E-state index is 11.0. The van der Waals surface area contributed by atoms with Gasteiger partial charge in [0.15, 0.2) is 4.96 Å². The third-order valence-corrected chi connectivity index (χ3v) is 3.29. The lowest BCUT2D eigenvalue weighted by molar-refractivity contribution is -0.138. The molecule has 5 nitrogen and oxygen atoms in total. The van der Waals surface area contributed by atoms with Gasteiger partial charge in [-0.3, -0.25) is 9.20 Å². The lowest BCUT2D eigenvalue weighted by atomic mass is 10.1. The molecule has 0 saturated heterocycles. The molecule has 15 heavy (non-hydrogen) atoms. The lowest BCUT2D eigenvalue weighted by Gasteiger charge is -2.08. The number of nitrogens with two attached hydrogens (primary N) is 1. The summed E-state index contributed by atoms with van der Waals surface area (Å²) in [5.41, 5.74) is 7.10. The van der Waals surface area contributed by atoms with Gasteiger partial charge in [0.05, 0.1) is 11.9 Å². The lowest BCUT2D eigenvalue weighted by Crippen LogP contribution is -2.22. The zero-order valence-corrected chi connectivity index (χ0v) is 8.99. The van der Waals surface area contributed by atoms with Gasteiger partial charge < -0.3 is 10.8 Å². The van der Waals surface area contributed by atoms with E-state index in [1.54, 1.807) is 6.20 Å². The Morgan fingerprint density at radius 2 is 2.53 bits per heavy atom. The van der Waals surface area contributed by atoms with Gasteiger partial charge in [-0.15, -0.1) is 11.3 Å². The SMILES string of the molecule is Cc1csc2ncc(C(CN)C(=O)O)n12. The Bertz CT molecular complexity index is 502. The van der Waals surface area contributed by atoms with Gasteiger partial charge in [0, 0.05) is 17.6 Å². The molecule has 0 aliphatic carbocycles. The molecule has 2 heterocycles. The fourth-order valence-corrected chi connectivity index (χ4v) is 2.42. The third-order valence-electron chi connectivity index (χ3n) is 2.34. The number of fused-ring (bicyclic) bond motifs is 1. The fourth-order valence-electron chi connectivity index (χ4n) is 1.57. The molecule has 0 aliphatic rings. The first-order chi connectivity index (χ1) is 7.15. The van der Waals surface area contributed by atoms with E-state index < -0.39 is 11.9 Å². The summed E-state index contributed by atoms with van der Waals surface area (Å²) in [5, 5.41) is 11.0. The molecular weight excluding hydrogens is 214 g/mol. The summed E-state index contributed by atoms with van der Waals surface area (Å²) in [5.74, 6) is -1.60. The van der Waals surface area contributed by atoms with Crippen molar-refractivity contribution in [2.75, 3.05) is 6.54 Å². The van der Waals surface area contributed by atoms with Crippen molar-refractivity contribution in [3.8, 4) is 0 Å². The summed E-state index contributed by atoms with van der Waals surface area (Å²) >= 11 is 1.49. The van der Waals surface area contributed by atoms with Crippen LogP contribution in [0.5, 0.6) is 0 Å². The summed E-state index contributed by atoms with van der Waals surface area (Å²) in [6.07, 6.45) is 1.59. The second-order valence-electron chi connectivity index (χ2n) is 3.30. The van der Waals surface area contributed by atoms with Crippen LogP contribution in [0.4, 0.5) is 0 Å². The van der Waals surface area contributed by atoms with Crippen molar-refractivity contribution in [1.82, 2.24) is 9.38 Å². The maximum Gasteiger partial charge on any atom is 0.313 e. The molecule has 0 bridgehead atoms. The normalized spacial score (nSPS) is 13.2. The minimum absolute atomic E-state index is 0.0818. The molecule has 2 aromatic heterocycles. The first kappa shape index (κ1) is 10.1. The van der Waals surface area contributed by atoms with Crippen LogP contribution >= 0.6 is 11.3 Å². The van der Waals surface area contributed by atoms with Crippen LogP contribution in [0.2, 0.25) is 0 Å². The van der Waals surface area contributed by atoms with E-state index in [2.05, 4.69) is 4.98 Å². The van der Waals surface area contributed by atoms with Crippen LogP contribution in [-0.4, -0.2) is 27.0 Å². The van der Waals surface area contributed by atoms with Crippen LogP contribution in [0.3, 0.4) is 0 Å². The van der Waals surface area contributed by atoms with Crippen molar-refractivity contribution < 1.29 is 9.90 Å². The second-order valence-corrected chi connectivity index (χ2v) is 4.14. The number of aryl methyl sites for hydroxylation is 1. The van der Waals surface area contributed by atoms with Crippen LogP contribution < -0.4 is 5.73 Å². The summed E-state index contributed by atoms with van der Waals surface area (Å²) < 4.78 is 1.84. The van der Waals surface area contributed by atoms with E-state index in [4.69, 9.17) is 10.8 Å². The number of carboxylic acids is 1. The molecule has 1 atom stereocenters. The largest absolute Gasteiger partial charge is 0.481 e. The highest BCUT2D eigenvalue weighted by Crippen LogP contribution is 2.22. The van der Waals surface area contributed by atoms with E-state index >= 15 is 0 Å². The summed E-state index contributed by atoms with van der Waals surface area (Å²) in [7, 11) is 0. The zero-order chi connectivity index (χ0) is 11.0. The van der Waals surface area contributed by atoms with E-state index in [9.17, 15) is 4.79 Å². The van der Waals surface area contributed by atoms with E-state index in [0.29, 0.717) is 5.69 Å². The maximum atomic E-state index is 11.0. The van der Waals surface area contributed by atoms with Gasteiger partial charge in [-0.1, -0.05) is 0 Å². The summed E-state index contributed by atoms with van der Waals surface area (Å²) in [6.45, 7) is 2.00. The number of carbonyl (C=O) groups is 1. The average molecular weight is 225 g/mol. The molecule has 2 aromatic rings. The van der Waals surface area contributed by atoms with Crippen molar-refractivity contribution in [1.29, 1.82) is 0 Å². The highest BCUT2D eigenvalue weighted by molar-refractivity contribution is 7.15. The van der Waals surface area contributed by atoms with Crippen LogP contribution in [0, 0.1) is 6.92 Å². The van der Waals surface area contributed by atoms with Crippen molar-refractivity contribution in [2.24, 2.45) is 5.73 Å². The molecule has 1 unspecified atom stereocenters. The number of carboxylic acid groups (broad SMARTS) is 1. The predicted octanol–water partition coefficient (Wildman–Crippen LogP) is 0.831. The van der Waals surface area contributed by atoms with Gasteiger partial charge in [-0.25, -0.2) is 4.98 Å². The second kappa shape index (κ2) is 3.63.